The van der Waals surface area contributed by atoms with Gasteiger partial charge < -0.3 is 16.0 Å². The van der Waals surface area contributed by atoms with Crippen LogP contribution in [0.2, 0.25) is 0 Å². The number of imidazole rings is 1. The number of hydrogen-bond acceptors (Lipinski definition) is 8. The van der Waals surface area contributed by atoms with E-state index in [2.05, 4.69) is 20.3 Å². The van der Waals surface area contributed by atoms with Crippen molar-refractivity contribution >= 4 is 46.5 Å². The number of nitrogens with zero attached hydrogens (tertiary/aromatic N) is 6. The van der Waals surface area contributed by atoms with Crippen LogP contribution in [0, 0.1) is 0 Å². The fourth-order valence-electron chi connectivity index (χ4n) is 6.09. The number of piperidine rings is 1. The van der Waals surface area contributed by atoms with Gasteiger partial charge in [0.15, 0.2) is 0 Å². The van der Waals surface area contributed by atoms with E-state index in [-0.39, 0.29) is 23.8 Å². The molecule has 11 heteroatoms. The lowest BCUT2D eigenvalue weighted by Gasteiger charge is -2.32. The number of carbonyl (C=O) groups is 2. The van der Waals surface area contributed by atoms with Crippen molar-refractivity contribution in [2.45, 2.75) is 43.6 Å². The quantitative estimate of drug-likeness (QED) is 0.245. The molecule has 10 nitrogen and oxygen atoms in total. The third-order valence-corrected chi connectivity index (χ3v) is 9.59. The van der Waals surface area contributed by atoms with Crippen LogP contribution >= 0.6 is 11.3 Å². The van der Waals surface area contributed by atoms with Crippen molar-refractivity contribution < 1.29 is 9.59 Å². The van der Waals surface area contributed by atoms with Gasteiger partial charge in [0.05, 0.1) is 4.88 Å². The molecule has 3 aliphatic rings. The molecule has 8 rings (SSSR count). The number of rotatable bonds is 7. The van der Waals surface area contributed by atoms with Gasteiger partial charge in [-0.1, -0.05) is 12.1 Å². The third kappa shape index (κ3) is 5.02. The highest BCUT2D eigenvalue weighted by molar-refractivity contribution is 7.12. The van der Waals surface area contributed by atoms with E-state index in [1.54, 1.807) is 24.5 Å². The predicted octanol–water partition coefficient (Wildman–Crippen LogP) is 5.71. The first-order valence-corrected chi connectivity index (χ1v) is 15.8. The molecule has 2 amide bonds. The van der Waals surface area contributed by atoms with Gasteiger partial charge in [-0.15, -0.1) is 11.3 Å². The summed E-state index contributed by atoms with van der Waals surface area (Å²) >= 11 is 1.48. The number of aromatic nitrogens is 4. The van der Waals surface area contributed by atoms with Crippen LogP contribution in [0.3, 0.4) is 0 Å². The molecule has 0 spiro atoms. The van der Waals surface area contributed by atoms with Crippen molar-refractivity contribution in [3.8, 4) is 11.3 Å². The number of benzene rings is 1. The first-order chi connectivity index (χ1) is 21.5. The molecular weight excluding hydrogens is 572 g/mol. The lowest BCUT2D eigenvalue weighted by atomic mass is 9.97. The average molecular weight is 603 g/mol. The van der Waals surface area contributed by atoms with Crippen molar-refractivity contribution in [2.24, 2.45) is 4.99 Å². The molecular formula is C33H30N8O2S. The number of aliphatic imine (C=N–C) groups is 1. The lowest BCUT2D eigenvalue weighted by molar-refractivity contribution is 0.0709. The number of fused-ring (bicyclic) bond motifs is 1. The second kappa shape index (κ2) is 10.7. The highest BCUT2D eigenvalue weighted by atomic mass is 32.1. The fraction of sp³-hybridized carbons (Fsp3) is 0.273. The van der Waals surface area contributed by atoms with Crippen LogP contribution in [0.15, 0.2) is 71.4 Å². The molecule has 2 atom stereocenters. The van der Waals surface area contributed by atoms with Gasteiger partial charge >= 0.3 is 0 Å². The number of hydrogen-bond donors (Lipinski definition) is 2. The molecule has 2 unspecified atom stereocenters. The molecule has 1 aromatic carbocycles. The number of amides is 2. The molecule has 2 fully saturated rings. The summed E-state index contributed by atoms with van der Waals surface area (Å²) in [5, 5.41) is 4.95. The number of pyridine rings is 1. The average Bonchev–Trinajstić information content (AvgIpc) is 4.00. The largest absolute Gasteiger partial charge is 0.382 e. The smallest absolute Gasteiger partial charge is 0.263 e. The Morgan fingerprint density at radius 2 is 1.82 bits per heavy atom. The molecule has 44 heavy (non-hydrogen) atoms. The molecule has 3 N–H and O–H groups in total. The number of anilines is 2. The number of nitrogen functional groups attached to an aromatic ring is 1. The third-order valence-electron chi connectivity index (χ3n) is 8.65. The van der Waals surface area contributed by atoms with Crippen LogP contribution in [0.1, 0.15) is 80.5 Å². The van der Waals surface area contributed by atoms with Gasteiger partial charge in [-0.2, -0.15) is 0 Å². The minimum atomic E-state index is -0.219. The summed E-state index contributed by atoms with van der Waals surface area (Å²) in [5.74, 6) is 2.23. The Hall–Kier alpha value is -4.90. The monoisotopic (exact) mass is 602 g/mol. The van der Waals surface area contributed by atoms with Gasteiger partial charge in [0.25, 0.3) is 11.8 Å². The summed E-state index contributed by atoms with van der Waals surface area (Å²) in [6, 6.07) is 13.4. The number of thiophene rings is 1. The van der Waals surface area contributed by atoms with Crippen LogP contribution in [0.4, 0.5) is 11.6 Å². The zero-order chi connectivity index (χ0) is 29.8. The van der Waals surface area contributed by atoms with E-state index >= 15 is 0 Å². The second-order valence-corrected chi connectivity index (χ2v) is 12.6. The van der Waals surface area contributed by atoms with Crippen molar-refractivity contribution in [1.29, 1.82) is 0 Å². The maximum atomic E-state index is 13.4. The van der Waals surface area contributed by atoms with Crippen LogP contribution in [0.25, 0.3) is 16.8 Å². The first kappa shape index (κ1) is 26.7. The van der Waals surface area contributed by atoms with Gasteiger partial charge in [-0.05, 0) is 78.4 Å². The molecule has 220 valence electrons. The van der Waals surface area contributed by atoms with E-state index in [4.69, 9.17) is 10.7 Å². The zero-order valence-corrected chi connectivity index (χ0v) is 24.7. The molecule has 5 aromatic rings. The van der Waals surface area contributed by atoms with Gasteiger partial charge in [0.2, 0.25) is 0 Å². The zero-order valence-electron chi connectivity index (χ0n) is 23.9. The van der Waals surface area contributed by atoms with Gasteiger partial charge in [-0.3, -0.25) is 19.0 Å². The number of nitrogens with two attached hydrogens (primary N) is 1. The van der Waals surface area contributed by atoms with E-state index in [1.807, 2.05) is 57.4 Å². The maximum absolute atomic E-state index is 13.4. The van der Waals surface area contributed by atoms with E-state index in [0.717, 1.165) is 40.2 Å². The number of nitrogens with one attached hydrogen (secondary N) is 1. The van der Waals surface area contributed by atoms with E-state index in [0.29, 0.717) is 41.9 Å². The lowest BCUT2D eigenvalue weighted by Crippen LogP contribution is -2.39. The fourth-order valence-corrected chi connectivity index (χ4v) is 7.00. The molecule has 1 saturated carbocycles. The maximum Gasteiger partial charge on any atom is 0.263 e. The predicted molar refractivity (Wildman–Crippen MR) is 170 cm³/mol. The van der Waals surface area contributed by atoms with E-state index in [1.165, 1.54) is 29.7 Å². The molecule has 4 aromatic heterocycles. The Bertz CT molecular complexity index is 1930. The summed E-state index contributed by atoms with van der Waals surface area (Å²) in [4.78, 5) is 47.1. The standard InChI is InChI=1S/C33H30N8O2S/c34-30-29-28(20-5-7-21(8-6-20)32(42)38-27-15-22(9-10-35-27)19-3-4-19)39-31(41(29)13-11-36-30)23-2-1-12-40(17-23)33(43)26-14-24(18-44-26)25-16-37-25/h5-11,13-16,18-19,23,25H,1-4,12,17H2,(H2,34,36)(H,35,38,42). The summed E-state index contributed by atoms with van der Waals surface area (Å²) in [6.07, 6.45) is 11.4. The summed E-state index contributed by atoms with van der Waals surface area (Å²) in [7, 11) is 0. The molecule has 0 bridgehead atoms. The summed E-state index contributed by atoms with van der Waals surface area (Å²) in [5.41, 5.74) is 11.5. The van der Waals surface area contributed by atoms with E-state index < -0.39 is 0 Å². The van der Waals surface area contributed by atoms with Crippen LogP contribution in [-0.4, -0.2) is 55.4 Å². The second-order valence-electron chi connectivity index (χ2n) is 11.7. The molecule has 6 heterocycles. The first-order valence-electron chi connectivity index (χ1n) is 14.9. The molecule has 2 aliphatic heterocycles. The molecule has 0 radical (unpaired) electrons. The number of carbonyl (C=O) groups excluding carboxylic acids is 2. The van der Waals surface area contributed by atoms with Gasteiger partial charge in [-0.25, -0.2) is 15.0 Å². The van der Waals surface area contributed by atoms with Crippen LogP contribution in [0.5, 0.6) is 0 Å². The normalized spacial score (nSPS) is 19.3. The minimum Gasteiger partial charge on any atom is -0.382 e. The molecule has 1 aliphatic carbocycles. The number of likely N-dealkylation sites (tertiary alicyclic amines) is 1. The van der Waals surface area contributed by atoms with Crippen molar-refractivity contribution in [3.63, 3.8) is 0 Å². The Labute approximate surface area is 257 Å². The topological polar surface area (TPSA) is 131 Å². The Morgan fingerprint density at radius 1 is 0.977 bits per heavy atom. The Kier molecular flexibility index (Phi) is 6.48. The van der Waals surface area contributed by atoms with Crippen LogP contribution in [-0.2, 0) is 0 Å². The van der Waals surface area contributed by atoms with Crippen molar-refractivity contribution in [1.82, 2.24) is 24.3 Å². The minimum absolute atomic E-state index is 0.0332. The van der Waals surface area contributed by atoms with Gasteiger partial charge in [0, 0.05) is 54.9 Å². The Morgan fingerprint density at radius 3 is 2.61 bits per heavy atom. The highest BCUT2D eigenvalue weighted by Crippen LogP contribution is 2.40. The summed E-state index contributed by atoms with van der Waals surface area (Å²) < 4.78 is 2.00. The summed E-state index contributed by atoms with van der Waals surface area (Å²) in [6.45, 7) is 1.29. The van der Waals surface area contributed by atoms with Crippen molar-refractivity contribution in [3.05, 3.63) is 93.8 Å². The Balaban J connectivity index is 1.04. The highest BCUT2D eigenvalue weighted by Gasteiger charge is 2.31. The van der Waals surface area contributed by atoms with Crippen LogP contribution < -0.4 is 11.1 Å². The van der Waals surface area contributed by atoms with Gasteiger partial charge in [0.1, 0.15) is 34.7 Å². The van der Waals surface area contributed by atoms with E-state index in [9.17, 15) is 9.59 Å². The molecule has 1 saturated heterocycles. The van der Waals surface area contributed by atoms with Crippen molar-refractivity contribution in [2.75, 3.05) is 24.1 Å². The SMILES string of the molecule is Nc1nccn2c(C3CCCN(C(=O)c4cc(C5C=N5)cs4)C3)nc(-c3ccc(C(=O)Nc4cc(C5CC5)ccn4)cc3)c12.